The summed E-state index contributed by atoms with van der Waals surface area (Å²) in [6.45, 7) is 14.6. The van der Waals surface area contributed by atoms with E-state index in [1.807, 2.05) is 58.9 Å². The number of amides is 1. The number of aryl methyl sites for hydroxylation is 1. The fourth-order valence-corrected chi connectivity index (χ4v) is 9.31. The first-order valence-corrected chi connectivity index (χ1v) is 21.0. The first kappa shape index (κ1) is 42.6. The molecule has 0 bridgehead atoms. The second-order valence-electron chi connectivity index (χ2n) is 15.4. The highest BCUT2D eigenvalue weighted by atomic mass is 32.2. The summed E-state index contributed by atoms with van der Waals surface area (Å²) in [6, 6.07) is 21.0. The van der Waals surface area contributed by atoms with Gasteiger partial charge in [0.25, 0.3) is 0 Å². The number of fused-ring (bicyclic) bond motifs is 1. The quantitative estimate of drug-likeness (QED) is 0.137. The van der Waals surface area contributed by atoms with Crippen LogP contribution in [0.3, 0.4) is 0 Å². The molecule has 0 saturated carbocycles. The van der Waals surface area contributed by atoms with E-state index in [0.29, 0.717) is 45.9 Å². The van der Waals surface area contributed by atoms with Gasteiger partial charge < -0.3 is 33.9 Å². The van der Waals surface area contributed by atoms with Crippen molar-refractivity contribution in [3.8, 4) is 5.75 Å². The van der Waals surface area contributed by atoms with Crippen LogP contribution in [-0.4, -0.2) is 97.1 Å². The molecule has 2 heterocycles. The maximum Gasteiger partial charge on any atom is 0.243 e. The van der Waals surface area contributed by atoms with E-state index in [1.54, 1.807) is 30.6 Å². The molecule has 3 aromatic carbocycles. The third-order valence-electron chi connectivity index (χ3n) is 10.7. The van der Waals surface area contributed by atoms with Gasteiger partial charge in [0.05, 0.1) is 49.2 Å². The zero-order valence-electron chi connectivity index (χ0n) is 33.7. The summed E-state index contributed by atoms with van der Waals surface area (Å²) in [6.07, 6.45) is 1.26. The monoisotopic (exact) mass is 779 g/mol. The number of nitrogens with one attached hydrogen (secondary N) is 1. The van der Waals surface area contributed by atoms with Gasteiger partial charge in [-0.25, -0.2) is 8.42 Å². The van der Waals surface area contributed by atoms with Gasteiger partial charge in [-0.3, -0.25) is 4.79 Å². The van der Waals surface area contributed by atoms with E-state index < -0.39 is 27.6 Å². The van der Waals surface area contributed by atoms with Crippen LogP contribution in [0.1, 0.15) is 75.1 Å². The Hall–Kier alpha value is -3.52. The maximum atomic E-state index is 14.6. The Bertz CT molecular complexity index is 1780. The van der Waals surface area contributed by atoms with Crippen molar-refractivity contribution in [1.82, 2.24) is 9.62 Å². The van der Waals surface area contributed by atoms with Crippen molar-refractivity contribution in [3.63, 3.8) is 0 Å². The number of rotatable bonds is 19. The van der Waals surface area contributed by atoms with Crippen LogP contribution in [0.5, 0.6) is 5.75 Å². The van der Waals surface area contributed by atoms with Gasteiger partial charge >= 0.3 is 0 Å². The zero-order valence-corrected chi connectivity index (χ0v) is 34.5. The highest BCUT2D eigenvalue weighted by Gasteiger charge is 2.45. The average molecular weight is 780 g/mol. The molecule has 1 fully saturated rings. The molecule has 3 aromatic rings. The molecule has 1 N–H and O–H groups in total. The maximum absolute atomic E-state index is 14.6. The van der Waals surface area contributed by atoms with E-state index >= 15 is 0 Å². The number of nitrogens with zero attached hydrogens (tertiary/aromatic N) is 2. The van der Waals surface area contributed by atoms with Gasteiger partial charge in [0.15, 0.2) is 0 Å². The summed E-state index contributed by atoms with van der Waals surface area (Å²) in [4.78, 5) is 15.7. The third-order valence-corrected chi connectivity index (χ3v) is 12.6. The highest BCUT2D eigenvalue weighted by Crippen LogP contribution is 2.41. The molecule has 5 rings (SSSR count). The minimum absolute atomic E-state index is 0.0147. The molecule has 0 aliphatic carbocycles. The van der Waals surface area contributed by atoms with Crippen molar-refractivity contribution in [2.75, 3.05) is 65.1 Å². The summed E-state index contributed by atoms with van der Waals surface area (Å²) in [5.41, 5.74) is 4.24. The molecular weight excluding hydrogens is 719 g/mol. The van der Waals surface area contributed by atoms with Crippen LogP contribution in [0.15, 0.2) is 71.6 Å². The second-order valence-corrected chi connectivity index (χ2v) is 17.3. The summed E-state index contributed by atoms with van der Waals surface area (Å²) >= 11 is 0. The molecular formula is C43H61N3O8S. The van der Waals surface area contributed by atoms with Crippen LogP contribution in [0.25, 0.3) is 0 Å². The predicted molar refractivity (Wildman–Crippen MR) is 215 cm³/mol. The fourth-order valence-electron chi connectivity index (χ4n) is 7.66. The lowest BCUT2D eigenvalue weighted by molar-refractivity contribution is -0.130. The lowest BCUT2D eigenvalue weighted by Gasteiger charge is -2.45. The molecule has 1 saturated heterocycles. The lowest BCUT2D eigenvalue weighted by Crippen LogP contribution is -2.54. The van der Waals surface area contributed by atoms with E-state index in [2.05, 4.69) is 40.5 Å². The molecule has 0 spiro atoms. The first-order chi connectivity index (χ1) is 26.4. The average Bonchev–Trinajstić information content (AvgIpc) is 3.17. The minimum Gasteiger partial charge on any atom is -0.490 e. The molecule has 11 nitrogen and oxygen atoms in total. The molecule has 1 unspecified atom stereocenters. The standard InChI is InChI=1S/C43H61N3O8S/c1-8-52-32(3)28-51-29-33-12-15-35(16-13-33)38-25-36(26-43(4,5)42(47)44-6)46(55(48,49)37-17-10-31(2)11-18-37)27-41(38)54-30-34-14-19-40-39(24-34)45(21-23-53-40)20-9-22-50-7/h10-19,24,32,36,38,41H,8-9,20-23,25-30H2,1-7H3,(H,44,47)/t32?,36-,38+,41-/m0/s1. The van der Waals surface area contributed by atoms with Gasteiger partial charge in [0.1, 0.15) is 12.4 Å². The van der Waals surface area contributed by atoms with Crippen molar-refractivity contribution < 1.29 is 36.9 Å². The summed E-state index contributed by atoms with van der Waals surface area (Å²) < 4.78 is 60.3. The molecule has 0 aromatic heterocycles. The molecule has 4 atom stereocenters. The topological polar surface area (TPSA) is 116 Å². The predicted octanol–water partition coefficient (Wildman–Crippen LogP) is 6.47. The van der Waals surface area contributed by atoms with Gasteiger partial charge in [-0.05, 0) is 81.0 Å². The van der Waals surface area contributed by atoms with E-state index in [1.165, 1.54) is 0 Å². The molecule has 0 radical (unpaired) electrons. The Balaban J connectivity index is 1.46. The van der Waals surface area contributed by atoms with E-state index in [-0.39, 0.29) is 36.0 Å². The summed E-state index contributed by atoms with van der Waals surface area (Å²) in [7, 11) is -0.617. The Kier molecular flexibility index (Phi) is 15.2. The van der Waals surface area contributed by atoms with Gasteiger partial charge in [-0.1, -0.05) is 61.9 Å². The summed E-state index contributed by atoms with van der Waals surface area (Å²) in [5, 5.41) is 2.78. The lowest BCUT2D eigenvalue weighted by atomic mass is 9.77. The molecule has 2 aliphatic rings. The molecule has 12 heteroatoms. The van der Waals surface area contributed by atoms with Crippen LogP contribution in [-0.2, 0) is 47.0 Å². The van der Waals surface area contributed by atoms with Crippen LogP contribution >= 0.6 is 0 Å². The Morgan fingerprint density at radius 3 is 2.45 bits per heavy atom. The van der Waals surface area contributed by atoms with Gasteiger partial charge in [-0.15, -0.1) is 0 Å². The molecule has 302 valence electrons. The van der Waals surface area contributed by atoms with Crippen molar-refractivity contribution in [1.29, 1.82) is 0 Å². The van der Waals surface area contributed by atoms with Crippen molar-refractivity contribution >= 4 is 21.6 Å². The number of carbonyl (C=O) groups is 1. The first-order valence-electron chi connectivity index (χ1n) is 19.6. The smallest absolute Gasteiger partial charge is 0.243 e. The SMILES string of the molecule is CCOC(C)COCc1ccc([C@H]2C[C@@H](CC(C)(C)C(=O)NC)N(S(=O)(=O)c3ccc(C)cc3)C[C@@H]2OCc2ccc3c(c2)N(CCCOC)CCO3)cc1. The highest BCUT2D eigenvalue weighted by molar-refractivity contribution is 7.89. The largest absolute Gasteiger partial charge is 0.490 e. The number of anilines is 1. The number of sulfonamides is 1. The number of methoxy groups -OCH3 is 1. The number of hydrogen-bond donors (Lipinski definition) is 1. The molecule has 55 heavy (non-hydrogen) atoms. The van der Waals surface area contributed by atoms with Gasteiger partial charge in [-0.2, -0.15) is 4.31 Å². The van der Waals surface area contributed by atoms with Crippen molar-refractivity contribution in [3.05, 3.63) is 89.0 Å². The van der Waals surface area contributed by atoms with Crippen LogP contribution in [0, 0.1) is 12.3 Å². The minimum atomic E-state index is -3.95. The van der Waals surface area contributed by atoms with E-state index in [0.717, 1.165) is 53.2 Å². The third kappa shape index (κ3) is 11.1. The Morgan fingerprint density at radius 2 is 1.76 bits per heavy atom. The normalized spacial score (nSPS) is 19.8. The van der Waals surface area contributed by atoms with Crippen molar-refractivity contribution in [2.45, 2.75) is 96.2 Å². The van der Waals surface area contributed by atoms with Gasteiger partial charge in [0, 0.05) is 57.8 Å². The number of hydrogen-bond acceptors (Lipinski definition) is 9. The van der Waals surface area contributed by atoms with Crippen LogP contribution in [0.4, 0.5) is 5.69 Å². The summed E-state index contributed by atoms with van der Waals surface area (Å²) in [5.74, 6) is 0.566. The number of ether oxygens (including phenoxy) is 5. The fraction of sp³-hybridized carbons (Fsp3) is 0.558. The number of piperidine rings is 1. The number of carbonyl (C=O) groups excluding carboxylic acids is 1. The van der Waals surface area contributed by atoms with Crippen LogP contribution in [0.2, 0.25) is 0 Å². The zero-order chi connectivity index (χ0) is 39.6. The second kappa shape index (κ2) is 19.6. The van der Waals surface area contributed by atoms with Crippen molar-refractivity contribution in [2.24, 2.45) is 5.41 Å². The van der Waals surface area contributed by atoms with Gasteiger partial charge in [0.2, 0.25) is 15.9 Å². The Morgan fingerprint density at radius 1 is 1.04 bits per heavy atom. The molecule has 2 aliphatic heterocycles. The molecule has 1 amide bonds. The van der Waals surface area contributed by atoms with E-state index in [9.17, 15) is 13.2 Å². The Labute approximate surface area is 328 Å². The van der Waals surface area contributed by atoms with E-state index in [4.69, 9.17) is 23.7 Å². The van der Waals surface area contributed by atoms with Crippen LogP contribution < -0.4 is 15.0 Å². The number of benzene rings is 3.